The number of pyridine rings is 1. The summed E-state index contributed by atoms with van der Waals surface area (Å²) in [5.41, 5.74) is 0.564. The number of hydrogen-bond acceptors (Lipinski definition) is 7. The maximum absolute atomic E-state index is 12.4. The molecule has 8 heteroatoms. The zero-order valence-electron chi connectivity index (χ0n) is 16.5. The zero-order valence-corrected chi connectivity index (χ0v) is 16.5. The molecule has 4 rings (SSSR count). The van der Waals surface area contributed by atoms with Crippen molar-refractivity contribution in [1.29, 1.82) is 0 Å². The van der Waals surface area contributed by atoms with E-state index in [-0.39, 0.29) is 17.3 Å². The van der Waals surface area contributed by atoms with Crippen LogP contribution in [0.2, 0.25) is 0 Å². The number of phenolic OH excluding ortho intramolecular Hbond substituents is 1. The maximum atomic E-state index is 12.4. The number of aromatic nitrogens is 1. The molecular formula is C21H26N2O6. The van der Waals surface area contributed by atoms with Crippen LogP contribution < -0.4 is 5.56 Å². The predicted molar refractivity (Wildman–Crippen MR) is 106 cm³/mol. The van der Waals surface area contributed by atoms with Gasteiger partial charge in [0.05, 0.1) is 25.8 Å². The fourth-order valence-corrected chi connectivity index (χ4v) is 4.26. The minimum absolute atomic E-state index is 0.120. The highest BCUT2D eigenvalue weighted by Gasteiger charge is 2.50. The Bertz CT molecular complexity index is 950. The van der Waals surface area contributed by atoms with E-state index in [1.807, 2.05) is 0 Å². The number of likely N-dealkylation sites (tertiary alicyclic amines) is 1. The van der Waals surface area contributed by atoms with E-state index in [0.717, 1.165) is 11.8 Å². The van der Waals surface area contributed by atoms with E-state index < -0.39 is 11.7 Å². The molecule has 0 bridgehead atoms. The van der Waals surface area contributed by atoms with Gasteiger partial charge in [-0.3, -0.25) is 9.59 Å². The Morgan fingerprint density at radius 3 is 2.76 bits per heavy atom. The van der Waals surface area contributed by atoms with Gasteiger partial charge in [0.25, 0.3) is 5.56 Å². The SMILES string of the molecule is COC(=O)C1CN(CCn2c(=O)ccc3ccc(O)cc32)CCC12OCCCO2. The lowest BCUT2D eigenvalue weighted by Crippen LogP contribution is -2.59. The summed E-state index contributed by atoms with van der Waals surface area (Å²) in [6, 6.07) is 8.28. The zero-order chi connectivity index (χ0) is 20.4. The first kappa shape index (κ1) is 19.9. The van der Waals surface area contributed by atoms with E-state index in [1.54, 1.807) is 28.8 Å². The van der Waals surface area contributed by atoms with Crippen molar-refractivity contribution in [3.8, 4) is 5.75 Å². The summed E-state index contributed by atoms with van der Waals surface area (Å²) in [6.07, 6.45) is 1.38. The van der Waals surface area contributed by atoms with Crippen LogP contribution in [0.4, 0.5) is 0 Å². The molecule has 1 unspecified atom stereocenters. The number of nitrogens with zero attached hydrogens (tertiary/aromatic N) is 2. The van der Waals surface area contributed by atoms with E-state index in [4.69, 9.17) is 14.2 Å². The van der Waals surface area contributed by atoms with Gasteiger partial charge in [-0.15, -0.1) is 0 Å². The third kappa shape index (κ3) is 3.88. The Hall–Kier alpha value is -2.42. The summed E-state index contributed by atoms with van der Waals surface area (Å²) in [4.78, 5) is 27.0. The lowest BCUT2D eigenvalue weighted by Gasteiger charge is -2.47. The lowest BCUT2D eigenvalue weighted by atomic mass is 9.89. The Morgan fingerprint density at radius 1 is 1.24 bits per heavy atom. The maximum Gasteiger partial charge on any atom is 0.315 e. The quantitative estimate of drug-likeness (QED) is 0.772. The van der Waals surface area contributed by atoms with E-state index in [1.165, 1.54) is 13.2 Å². The third-order valence-corrected chi connectivity index (χ3v) is 5.83. The highest BCUT2D eigenvalue weighted by atomic mass is 16.7. The monoisotopic (exact) mass is 402 g/mol. The minimum atomic E-state index is -0.913. The number of benzene rings is 1. The highest BCUT2D eigenvalue weighted by molar-refractivity contribution is 5.80. The highest BCUT2D eigenvalue weighted by Crippen LogP contribution is 2.36. The van der Waals surface area contributed by atoms with Gasteiger partial charge >= 0.3 is 5.97 Å². The van der Waals surface area contributed by atoms with Crippen molar-refractivity contribution in [2.75, 3.05) is 40.0 Å². The summed E-state index contributed by atoms with van der Waals surface area (Å²) in [6.45, 7) is 3.31. The Kier molecular flexibility index (Phi) is 5.58. The van der Waals surface area contributed by atoms with Gasteiger partial charge in [0, 0.05) is 44.7 Å². The van der Waals surface area contributed by atoms with E-state index in [0.29, 0.717) is 51.3 Å². The third-order valence-electron chi connectivity index (χ3n) is 5.83. The number of esters is 1. The topological polar surface area (TPSA) is 90.2 Å². The average molecular weight is 402 g/mol. The Balaban J connectivity index is 1.52. The molecule has 3 heterocycles. The van der Waals surface area contributed by atoms with E-state index in [9.17, 15) is 14.7 Å². The van der Waals surface area contributed by atoms with Crippen molar-refractivity contribution < 1.29 is 24.1 Å². The number of piperidine rings is 1. The molecule has 1 aromatic heterocycles. The molecule has 0 amide bonds. The number of carbonyl (C=O) groups is 1. The number of hydrogen-bond donors (Lipinski definition) is 1. The van der Waals surface area contributed by atoms with Gasteiger partial charge in [-0.2, -0.15) is 0 Å². The van der Waals surface area contributed by atoms with Crippen molar-refractivity contribution >= 4 is 16.9 Å². The molecule has 0 saturated carbocycles. The van der Waals surface area contributed by atoms with Gasteiger partial charge in [-0.1, -0.05) is 0 Å². The second-order valence-electron chi connectivity index (χ2n) is 7.55. The van der Waals surface area contributed by atoms with Crippen LogP contribution >= 0.6 is 0 Å². The second kappa shape index (κ2) is 8.14. The largest absolute Gasteiger partial charge is 0.508 e. The molecule has 1 N–H and O–H groups in total. The van der Waals surface area contributed by atoms with Crippen LogP contribution in [-0.2, 0) is 25.5 Å². The molecular weight excluding hydrogens is 376 g/mol. The van der Waals surface area contributed by atoms with Gasteiger partial charge in [-0.05, 0) is 30.0 Å². The molecule has 2 aromatic rings. The molecule has 29 heavy (non-hydrogen) atoms. The predicted octanol–water partition coefficient (Wildman–Crippen LogP) is 1.34. The number of carbonyl (C=O) groups excluding carboxylic acids is 1. The summed E-state index contributed by atoms with van der Waals surface area (Å²) < 4.78 is 18.5. The van der Waals surface area contributed by atoms with Crippen LogP contribution in [0.15, 0.2) is 35.1 Å². The van der Waals surface area contributed by atoms with Crippen LogP contribution in [0.3, 0.4) is 0 Å². The summed E-state index contributed by atoms with van der Waals surface area (Å²) in [7, 11) is 1.37. The minimum Gasteiger partial charge on any atom is -0.508 e. The van der Waals surface area contributed by atoms with Gasteiger partial charge in [-0.25, -0.2) is 0 Å². The first-order chi connectivity index (χ1) is 14.0. The van der Waals surface area contributed by atoms with Crippen molar-refractivity contribution in [2.24, 2.45) is 5.92 Å². The van der Waals surface area contributed by atoms with Crippen LogP contribution in [-0.4, -0.2) is 66.3 Å². The van der Waals surface area contributed by atoms with Crippen LogP contribution in [0, 0.1) is 5.92 Å². The Morgan fingerprint density at radius 2 is 2.00 bits per heavy atom. The summed E-state index contributed by atoms with van der Waals surface area (Å²) in [5.74, 6) is -1.67. The molecule has 1 spiro atoms. The molecule has 0 aliphatic carbocycles. The first-order valence-corrected chi connectivity index (χ1v) is 9.93. The standard InChI is InChI=1S/C21H26N2O6/c1-27-20(26)17-14-22(8-7-21(17)28-11-2-12-29-21)9-10-23-18-13-16(24)5-3-15(18)4-6-19(23)25/h3-6,13,17,24H,2,7-12,14H2,1H3. The smallest absolute Gasteiger partial charge is 0.315 e. The lowest BCUT2D eigenvalue weighted by molar-refractivity contribution is -0.307. The Labute approximate surface area is 168 Å². The number of ether oxygens (including phenoxy) is 3. The molecule has 8 nitrogen and oxygen atoms in total. The molecule has 2 aliphatic heterocycles. The summed E-state index contributed by atoms with van der Waals surface area (Å²) >= 11 is 0. The van der Waals surface area contributed by atoms with Gasteiger partial charge in [0.2, 0.25) is 0 Å². The van der Waals surface area contributed by atoms with Crippen molar-refractivity contribution in [2.45, 2.75) is 25.2 Å². The summed E-state index contributed by atoms with van der Waals surface area (Å²) in [5, 5.41) is 10.7. The van der Waals surface area contributed by atoms with Crippen LogP contribution in [0.5, 0.6) is 5.75 Å². The molecule has 2 fully saturated rings. The average Bonchev–Trinajstić information content (AvgIpc) is 2.74. The molecule has 0 radical (unpaired) electrons. The van der Waals surface area contributed by atoms with Gasteiger partial charge in [0.15, 0.2) is 5.79 Å². The number of aromatic hydroxyl groups is 1. The number of fused-ring (bicyclic) bond motifs is 1. The second-order valence-corrected chi connectivity index (χ2v) is 7.55. The fraction of sp³-hybridized carbons (Fsp3) is 0.524. The van der Waals surface area contributed by atoms with Crippen LogP contribution in [0.1, 0.15) is 12.8 Å². The number of phenols is 1. The normalized spacial score (nSPS) is 22.0. The molecule has 156 valence electrons. The van der Waals surface area contributed by atoms with E-state index >= 15 is 0 Å². The number of methoxy groups -OCH3 is 1. The number of rotatable bonds is 4. The van der Waals surface area contributed by atoms with Crippen molar-refractivity contribution in [3.05, 3.63) is 40.7 Å². The molecule has 2 saturated heterocycles. The van der Waals surface area contributed by atoms with Gasteiger partial charge in [0.1, 0.15) is 11.7 Å². The molecule has 2 aliphatic rings. The molecule has 1 atom stereocenters. The van der Waals surface area contributed by atoms with Crippen molar-refractivity contribution in [3.63, 3.8) is 0 Å². The fourth-order valence-electron chi connectivity index (χ4n) is 4.26. The van der Waals surface area contributed by atoms with E-state index in [2.05, 4.69) is 4.90 Å². The van der Waals surface area contributed by atoms with Gasteiger partial charge < -0.3 is 28.8 Å². The molecule has 1 aromatic carbocycles. The van der Waals surface area contributed by atoms with Crippen molar-refractivity contribution in [1.82, 2.24) is 9.47 Å². The van der Waals surface area contributed by atoms with Crippen LogP contribution in [0.25, 0.3) is 10.9 Å². The first-order valence-electron chi connectivity index (χ1n) is 9.93.